The van der Waals surface area contributed by atoms with E-state index in [1.807, 2.05) is 13.0 Å². The lowest BCUT2D eigenvalue weighted by atomic mass is 10.1. The first kappa shape index (κ1) is 13.4. The molecule has 7 heteroatoms. The highest BCUT2D eigenvalue weighted by Crippen LogP contribution is 2.19. The highest BCUT2D eigenvalue weighted by molar-refractivity contribution is 7.15. The number of nitrogens with one attached hydrogen (secondary N) is 2. The van der Waals surface area contributed by atoms with Gasteiger partial charge in [-0.15, -0.1) is 10.2 Å². The number of nitrogens with zero attached hydrogens (tertiary/aromatic N) is 2. The minimum absolute atomic E-state index is 0.314. The van der Waals surface area contributed by atoms with Gasteiger partial charge in [-0.2, -0.15) is 0 Å². The molecule has 0 bridgehead atoms. The highest BCUT2D eigenvalue weighted by atomic mass is 32.1. The second-order valence-corrected chi connectivity index (χ2v) is 5.46. The Labute approximate surface area is 123 Å². The normalized spacial score (nSPS) is 10.7. The average molecular weight is 300 g/mol. The molecule has 2 heterocycles. The number of H-pyrrole nitrogens is 1. The number of hydrogen-bond donors (Lipinski definition) is 2. The smallest absolute Gasteiger partial charge is 0.258 e. The van der Waals surface area contributed by atoms with Gasteiger partial charge in [0.2, 0.25) is 10.7 Å². The van der Waals surface area contributed by atoms with Crippen molar-refractivity contribution in [3.05, 3.63) is 51.3 Å². The minimum atomic E-state index is -0.365. The molecule has 0 saturated heterocycles. The molecule has 0 fully saturated rings. The van der Waals surface area contributed by atoms with Crippen molar-refractivity contribution in [1.29, 1.82) is 0 Å². The molecule has 0 atom stereocenters. The lowest BCUT2D eigenvalue weighted by molar-refractivity contribution is 0.102. The summed E-state index contributed by atoms with van der Waals surface area (Å²) in [5, 5.41) is 12.5. The number of carbonyl (C=O) groups is 1. The van der Waals surface area contributed by atoms with Gasteiger partial charge in [-0.25, -0.2) is 0 Å². The number of rotatable bonds is 3. The van der Waals surface area contributed by atoms with Crippen molar-refractivity contribution in [3.63, 3.8) is 0 Å². The average Bonchev–Trinajstić information content (AvgIpc) is 2.94. The molecule has 2 aromatic heterocycles. The number of anilines is 1. The summed E-state index contributed by atoms with van der Waals surface area (Å²) < 4.78 is 0. The summed E-state index contributed by atoms with van der Waals surface area (Å²) in [6, 6.07) is 8.46. The van der Waals surface area contributed by atoms with Crippen LogP contribution < -0.4 is 10.9 Å². The van der Waals surface area contributed by atoms with Crippen LogP contribution in [-0.2, 0) is 6.42 Å². The van der Waals surface area contributed by atoms with Crippen molar-refractivity contribution in [2.24, 2.45) is 0 Å². The summed E-state index contributed by atoms with van der Waals surface area (Å²) in [5.41, 5.74) is 0.634. The van der Waals surface area contributed by atoms with Crippen molar-refractivity contribution in [1.82, 2.24) is 15.2 Å². The predicted molar refractivity (Wildman–Crippen MR) is 81.8 cm³/mol. The molecule has 106 valence electrons. The summed E-state index contributed by atoms with van der Waals surface area (Å²) in [6.45, 7) is 1.97. The Morgan fingerprint density at radius 3 is 2.90 bits per heavy atom. The third-order valence-electron chi connectivity index (χ3n) is 2.98. The Morgan fingerprint density at radius 2 is 2.14 bits per heavy atom. The molecule has 0 aliphatic carbocycles. The first-order valence-corrected chi connectivity index (χ1v) is 7.25. The first-order valence-electron chi connectivity index (χ1n) is 6.43. The Bertz CT molecular complexity index is 869. The molecular formula is C14H12N4O2S. The maximum absolute atomic E-state index is 12.4. The monoisotopic (exact) mass is 300 g/mol. The number of carbonyl (C=O) groups excluding carboxylic acids is 1. The third-order valence-corrected chi connectivity index (χ3v) is 3.97. The van der Waals surface area contributed by atoms with Gasteiger partial charge in [0.25, 0.3) is 5.91 Å². The van der Waals surface area contributed by atoms with Crippen molar-refractivity contribution in [3.8, 4) is 0 Å². The molecule has 0 unspecified atom stereocenters. The van der Waals surface area contributed by atoms with Gasteiger partial charge in [0.1, 0.15) is 5.01 Å². The van der Waals surface area contributed by atoms with Crippen molar-refractivity contribution in [2.75, 3.05) is 5.32 Å². The Hall–Kier alpha value is -2.54. The van der Waals surface area contributed by atoms with Crippen LogP contribution >= 0.6 is 11.3 Å². The fraction of sp³-hybridized carbons (Fsp3) is 0.143. The van der Waals surface area contributed by atoms with E-state index < -0.39 is 0 Å². The molecule has 1 amide bonds. The lowest BCUT2D eigenvalue weighted by Crippen LogP contribution is -2.16. The molecule has 6 nitrogen and oxygen atoms in total. The zero-order valence-corrected chi connectivity index (χ0v) is 12.0. The van der Waals surface area contributed by atoms with Crippen LogP contribution in [0.25, 0.3) is 10.9 Å². The number of aromatic nitrogens is 3. The maximum Gasteiger partial charge on any atom is 0.258 e. The van der Waals surface area contributed by atoms with Gasteiger partial charge in [0, 0.05) is 17.0 Å². The van der Waals surface area contributed by atoms with Gasteiger partial charge < -0.3 is 4.98 Å². The van der Waals surface area contributed by atoms with Crippen LogP contribution in [0, 0.1) is 0 Å². The van der Waals surface area contributed by atoms with E-state index in [0.29, 0.717) is 21.6 Å². The minimum Gasteiger partial charge on any atom is -0.322 e. The second kappa shape index (κ2) is 5.45. The molecule has 0 saturated carbocycles. The number of pyridine rings is 1. The standard InChI is InChI=1S/C14H12N4O2S/c1-2-12-17-18-14(21-12)16-13(20)9-7-11(19)15-10-6-4-3-5-8(9)10/h3-7H,2H2,1H3,(H,15,19)(H,16,18,20). The summed E-state index contributed by atoms with van der Waals surface area (Å²) in [4.78, 5) is 26.7. The van der Waals surface area contributed by atoms with E-state index in [1.54, 1.807) is 18.2 Å². The molecule has 0 aliphatic heterocycles. The van der Waals surface area contributed by atoms with Crippen LogP contribution in [0.4, 0.5) is 5.13 Å². The van der Waals surface area contributed by atoms with E-state index in [0.717, 1.165) is 11.4 Å². The van der Waals surface area contributed by atoms with Crippen LogP contribution in [0.1, 0.15) is 22.3 Å². The number of fused-ring (bicyclic) bond motifs is 1. The summed E-state index contributed by atoms with van der Waals surface area (Å²) in [7, 11) is 0. The van der Waals surface area contributed by atoms with Gasteiger partial charge in [-0.3, -0.25) is 14.9 Å². The fourth-order valence-electron chi connectivity index (χ4n) is 2.00. The van der Waals surface area contributed by atoms with Crippen LogP contribution in [-0.4, -0.2) is 21.1 Å². The SMILES string of the molecule is CCc1nnc(NC(=O)c2cc(=O)[nH]c3ccccc23)s1. The molecule has 0 spiro atoms. The number of para-hydroxylation sites is 1. The summed E-state index contributed by atoms with van der Waals surface area (Å²) in [5.74, 6) is -0.365. The van der Waals surface area contributed by atoms with E-state index >= 15 is 0 Å². The molecule has 2 N–H and O–H groups in total. The van der Waals surface area contributed by atoms with Crippen LogP contribution in [0.15, 0.2) is 35.1 Å². The van der Waals surface area contributed by atoms with E-state index in [4.69, 9.17) is 0 Å². The predicted octanol–water partition coefficient (Wildman–Crippen LogP) is 2.19. The lowest BCUT2D eigenvalue weighted by Gasteiger charge is -2.05. The van der Waals surface area contributed by atoms with Crippen molar-refractivity contribution < 1.29 is 4.79 Å². The number of benzene rings is 1. The van der Waals surface area contributed by atoms with E-state index in [9.17, 15) is 9.59 Å². The topological polar surface area (TPSA) is 87.7 Å². The van der Waals surface area contributed by atoms with Crippen LogP contribution in [0.2, 0.25) is 0 Å². The number of aromatic amines is 1. The molecule has 3 aromatic rings. The molecule has 3 rings (SSSR count). The van der Waals surface area contributed by atoms with E-state index in [-0.39, 0.29) is 11.5 Å². The molecule has 1 aromatic carbocycles. The van der Waals surface area contributed by atoms with Gasteiger partial charge in [-0.1, -0.05) is 36.5 Å². The largest absolute Gasteiger partial charge is 0.322 e. The van der Waals surface area contributed by atoms with Gasteiger partial charge in [0.05, 0.1) is 5.56 Å². The van der Waals surface area contributed by atoms with Crippen LogP contribution in [0.3, 0.4) is 0 Å². The number of amides is 1. The number of hydrogen-bond acceptors (Lipinski definition) is 5. The Morgan fingerprint density at radius 1 is 1.33 bits per heavy atom. The highest BCUT2D eigenvalue weighted by Gasteiger charge is 2.13. The quantitative estimate of drug-likeness (QED) is 0.776. The Kier molecular flexibility index (Phi) is 3.49. The van der Waals surface area contributed by atoms with Crippen LogP contribution in [0.5, 0.6) is 0 Å². The maximum atomic E-state index is 12.4. The molecule has 0 aliphatic rings. The van der Waals surface area contributed by atoms with Crippen molar-refractivity contribution >= 4 is 33.3 Å². The second-order valence-electron chi connectivity index (χ2n) is 4.40. The van der Waals surface area contributed by atoms with Gasteiger partial charge >= 0.3 is 0 Å². The zero-order chi connectivity index (χ0) is 14.8. The Balaban J connectivity index is 1.99. The van der Waals surface area contributed by atoms with E-state index in [1.165, 1.54) is 17.4 Å². The fourth-order valence-corrected chi connectivity index (χ4v) is 2.68. The zero-order valence-electron chi connectivity index (χ0n) is 11.2. The van der Waals surface area contributed by atoms with Gasteiger partial charge in [0.15, 0.2) is 0 Å². The molecule has 21 heavy (non-hydrogen) atoms. The summed E-state index contributed by atoms with van der Waals surface area (Å²) >= 11 is 1.33. The van der Waals surface area contributed by atoms with E-state index in [2.05, 4.69) is 20.5 Å². The number of aryl methyl sites for hydroxylation is 1. The molecule has 0 radical (unpaired) electrons. The van der Waals surface area contributed by atoms with Crippen molar-refractivity contribution in [2.45, 2.75) is 13.3 Å². The first-order chi connectivity index (χ1) is 10.2. The molecular weight excluding hydrogens is 288 g/mol. The van der Waals surface area contributed by atoms with Gasteiger partial charge in [-0.05, 0) is 12.5 Å². The summed E-state index contributed by atoms with van der Waals surface area (Å²) in [6.07, 6.45) is 0.765. The third kappa shape index (κ3) is 2.68.